The predicted octanol–water partition coefficient (Wildman–Crippen LogP) is 4.06. The van der Waals surface area contributed by atoms with Gasteiger partial charge in [-0.05, 0) is 29.9 Å². The molecule has 2 aliphatic heterocycles. The van der Waals surface area contributed by atoms with Gasteiger partial charge >= 0.3 is 0 Å². The van der Waals surface area contributed by atoms with Gasteiger partial charge in [-0.25, -0.2) is 14.4 Å². The second kappa shape index (κ2) is 6.34. The lowest BCUT2D eigenvalue weighted by Crippen LogP contribution is -2.37. The van der Waals surface area contributed by atoms with Crippen LogP contribution in [-0.4, -0.2) is 28.1 Å². The lowest BCUT2D eigenvalue weighted by atomic mass is 9.75. The van der Waals surface area contributed by atoms with E-state index < -0.39 is 23.6 Å². The first-order valence-corrected chi connectivity index (χ1v) is 9.71. The second-order valence-electron chi connectivity index (χ2n) is 7.62. The highest BCUT2D eigenvalue weighted by molar-refractivity contribution is 6.41. The summed E-state index contributed by atoms with van der Waals surface area (Å²) in [7, 11) is 0. The van der Waals surface area contributed by atoms with Crippen molar-refractivity contribution in [2.45, 2.75) is 25.0 Å². The van der Waals surface area contributed by atoms with E-state index in [9.17, 15) is 13.6 Å². The summed E-state index contributed by atoms with van der Waals surface area (Å²) in [6.45, 7) is 2.10. The third-order valence-corrected chi connectivity index (χ3v) is 6.97. The molecule has 5 nitrogen and oxygen atoms in total. The molecule has 1 aliphatic carbocycles. The minimum Gasteiger partial charge on any atom is -0.373 e. The molecule has 1 amide bonds. The Kier molecular flexibility index (Phi) is 4.12. The van der Waals surface area contributed by atoms with Gasteiger partial charge in [0.15, 0.2) is 5.82 Å². The predicted molar refractivity (Wildman–Crippen MR) is 98.1 cm³/mol. The van der Waals surface area contributed by atoms with Crippen molar-refractivity contribution in [3.63, 3.8) is 0 Å². The molecule has 5 rings (SSSR count). The molecule has 0 radical (unpaired) electrons. The molecular formula is C19H15Cl2F2N3O2. The Morgan fingerprint density at radius 2 is 1.96 bits per heavy atom. The van der Waals surface area contributed by atoms with E-state index in [-0.39, 0.29) is 45.7 Å². The second-order valence-corrected chi connectivity index (χ2v) is 8.39. The molecule has 28 heavy (non-hydrogen) atoms. The van der Waals surface area contributed by atoms with Gasteiger partial charge in [0.25, 0.3) is 0 Å². The van der Waals surface area contributed by atoms with Gasteiger partial charge in [-0.15, -0.1) is 0 Å². The Morgan fingerprint density at radius 3 is 2.71 bits per heavy atom. The third kappa shape index (κ3) is 2.56. The van der Waals surface area contributed by atoms with E-state index in [0.29, 0.717) is 11.6 Å². The van der Waals surface area contributed by atoms with Crippen molar-refractivity contribution in [1.82, 2.24) is 9.97 Å². The lowest BCUT2D eigenvalue weighted by Gasteiger charge is -2.27. The number of halogens is 4. The number of ether oxygens (including phenoxy) is 1. The highest BCUT2D eigenvalue weighted by Crippen LogP contribution is 2.68. The highest BCUT2D eigenvalue weighted by Gasteiger charge is 2.72. The molecule has 2 aromatic heterocycles. The monoisotopic (exact) mass is 425 g/mol. The van der Waals surface area contributed by atoms with Crippen LogP contribution in [0.5, 0.6) is 0 Å². The van der Waals surface area contributed by atoms with Crippen LogP contribution >= 0.6 is 23.2 Å². The highest BCUT2D eigenvalue weighted by atomic mass is 35.5. The molecule has 0 spiro atoms. The maximum atomic E-state index is 14.5. The van der Waals surface area contributed by atoms with Crippen LogP contribution in [0.25, 0.3) is 0 Å². The van der Waals surface area contributed by atoms with E-state index >= 15 is 0 Å². The van der Waals surface area contributed by atoms with Gasteiger partial charge < -0.3 is 10.1 Å². The zero-order valence-corrected chi connectivity index (χ0v) is 16.1. The zero-order chi connectivity index (χ0) is 19.7. The zero-order valence-electron chi connectivity index (χ0n) is 14.6. The maximum Gasteiger partial charge on any atom is 0.249 e. The molecule has 4 heterocycles. The van der Waals surface area contributed by atoms with Crippen molar-refractivity contribution >= 4 is 34.8 Å². The van der Waals surface area contributed by atoms with Crippen LogP contribution in [-0.2, 0) is 9.53 Å². The van der Waals surface area contributed by atoms with E-state index in [1.165, 1.54) is 24.5 Å². The Balaban J connectivity index is 1.49. The number of carbonyl (C=O) groups excluding carboxylic acids is 1. The number of nitrogens with one attached hydrogen (secondary N) is 1. The quantitative estimate of drug-likeness (QED) is 0.752. The number of nitrogens with zero attached hydrogens (tertiary/aromatic N) is 2. The maximum absolute atomic E-state index is 14.5. The summed E-state index contributed by atoms with van der Waals surface area (Å²) in [6.07, 6.45) is 1.96. The van der Waals surface area contributed by atoms with Crippen molar-refractivity contribution in [1.29, 1.82) is 0 Å². The molecule has 2 aromatic rings. The normalized spacial score (nSPS) is 35.0. The Hall–Kier alpha value is -1.83. The fourth-order valence-electron chi connectivity index (χ4n) is 5.07. The molecule has 9 heteroatoms. The van der Waals surface area contributed by atoms with Crippen LogP contribution in [0, 0.1) is 35.4 Å². The fourth-order valence-corrected chi connectivity index (χ4v) is 5.34. The van der Waals surface area contributed by atoms with Crippen LogP contribution in [0.4, 0.5) is 14.5 Å². The smallest absolute Gasteiger partial charge is 0.249 e. The van der Waals surface area contributed by atoms with Gasteiger partial charge in [0, 0.05) is 17.7 Å². The molecule has 2 saturated heterocycles. The summed E-state index contributed by atoms with van der Waals surface area (Å²) in [6, 6.07) is 2.92. The van der Waals surface area contributed by atoms with E-state index in [1.807, 2.05) is 0 Å². The first-order valence-electron chi connectivity index (χ1n) is 8.95. The van der Waals surface area contributed by atoms with Crippen LogP contribution in [0.15, 0.2) is 24.5 Å². The third-order valence-electron chi connectivity index (χ3n) is 6.29. The minimum absolute atomic E-state index is 0.129. The average Bonchev–Trinajstić information content (AvgIpc) is 3.01. The van der Waals surface area contributed by atoms with Gasteiger partial charge in [-0.2, -0.15) is 4.39 Å². The van der Waals surface area contributed by atoms with Crippen LogP contribution in [0.3, 0.4) is 0 Å². The van der Waals surface area contributed by atoms with E-state index in [4.69, 9.17) is 27.9 Å². The number of hydrogen-bond acceptors (Lipinski definition) is 4. The van der Waals surface area contributed by atoms with Crippen molar-refractivity contribution in [3.05, 3.63) is 52.0 Å². The minimum atomic E-state index is -1.17. The van der Waals surface area contributed by atoms with E-state index in [1.54, 1.807) is 0 Å². The summed E-state index contributed by atoms with van der Waals surface area (Å²) in [5.41, 5.74) is 0.507. The summed E-state index contributed by atoms with van der Waals surface area (Å²) < 4.78 is 34.3. The van der Waals surface area contributed by atoms with E-state index in [0.717, 1.165) is 0 Å². The average molecular weight is 426 g/mol. The van der Waals surface area contributed by atoms with Crippen molar-refractivity contribution in [2.24, 2.45) is 23.7 Å². The van der Waals surface area contributed by atoms with Gasteiger partial charge in [-0.1, -0.05) is 30.1 Å². The fraction of sp³-hybridized carbons (Fsp3) is 0.421. The van der Waals surface area contributed by atoms with Gasteiger partial charge in [0.05, 0.1) is 35.0 Å². The molecule has 3 fully saturated rings. The number of anilines is 1. The number of fused-ring (bicyclic) bond motifs is 5. The molecule has 0 aromatic carbocycles. The first kappa shape index (κ1) is 18.2. The summed E-state index contributed by atoms with van der Waals surface area (Å²) in [5, 5.41) is 3.10. The molecular weight excluding hydrogens is 411 g/mol. The number of pyridine rings is 2. The Labute approximate surface area is 169 Å². The SMILES string of the molecule is CC1C2C1[C@@H]1O[C@H]2[C@H](C(=O)Nc2cnc(Cl)c(Cl)c2)[C@H]1c1ccnc(F)c1F. The number of carbonyl (C=O) groups is 1. The van der Waals surface area contributed by atoms with Crippen LogP contribution < -0.4 is 5.32 Å². The molecule has 7 atom stereocenters. The lowest BCUT2D eigenvalue weighted by molar-refractivity contribution is -0.122. The van der Waals surface area contributed by atoms with Gasteiger partial charge in [0.2, 0.25) is 11.9 Å². The molecule has 1 N–H and O–H groups in total. The Bertz CT molecular complexity index is 992. The number of aromatic nitrogens is 2. The summed E-state index contributed by atoms with van der Waals surface area (Å²) in [5.74, 6) is -2.85. The van der Waals surface area contributed by atoms with Gasteiger partial charge in [0.1, 0.15) is 5.15 Å². The van der Waals surface area contributed by atoms with Crippen LogP contribution in [0.2, 0.25) is 10.2 Å². The first-order chi connectivity index (χ1) is 13.4. The van der Waals surface area contributed by atoms with Crippen molar-refractivity contribution in [2.75, 3.05) is 5.32 Å². The molecule has 1 saturated carbocycles. The van der Waals surface area contributed by atoms with Gasteiger partial charge in [-0.3, -0.25) is 4.79 Å². The topological polar surface area (TPSA) is 64.1 Å². The Morgan fingerprint density at radius 1 is 1.21 bits per heavy atom. The summed E-state index contributed by atoms with van der Waals surface area (Å²) in [4.78, 5) is 20.4. The molecule has 146 valence electrons. The molecule has 2 bridgehead atoms. The van der Waals surface area contributed by atoms with E-state index in [2.05, 4.69) is 22.2 Å². The molecule has 3 aliphatic rings. The number of amides is 1. The standard InChI is InChI=1S/C19H15Cl2F2N3O2/c1-6-10-11(6)16-13(19(27)26-7-4-9(20)17(21)25-5-7)12(15(10)28-16)8-2-3-24-18(23)14(8)22/h2-6,10-13,15-16H,1H3,(H,26,27)/t6?,10?,11?,12-,13-,15+,16-/m1/s1. The summed E-state index contributed by atoms with van der Waals surface area (Å²) >= 11 is 11.8. The number of hydrogen-bond donors (Lipinski definition) is 1. The number of rotatable bonds is 3. The largest absolute Gasteiger partial charge is 0.373 e. The van der Waals surface area contributed by atoms with Crippen molar-refractivity contribution < 1.29 is 18.3 Å². The molecule has 3 unspecified atom stereocenters. The van der Waals surface area contributed by atoms with Crippen LogP contribution in [0.1, 0.15) is 18.4 Å². The van der Waals surface area contributed by atoms with Crippen molar-refractivity contribution in [3.8, 4) is 0 Å².